The van der Waals surface area contributed by atoms with Crippen molar-refractivity contribution in [2.75, 3.05) is 7.11 Å². The van der Waals surface area contributed by atoms with Crippen molar-refractivity contribution in [2.45, 2.75) is 62.8 Å². The van der Waals surface area contributed by atoms with Crippen LogP contribution in [0.2, 0.25) is 0 Å². The van der Waals surface area contributed by atoms with E-state index in [0.29, 0.717) is 17.1 Å². The number of rotatable bonds is 13. The highest BCUT2D eigenvalue weighted by Gasteiger charge is 2.24. The monoisotopic (exact) mass is 562 g/mol. The maximum absolute atomic E-state index is 13.1. The highest BCUT2D eigenvalue weighted by Crippen LogP contribution is 2.27. The highest BCUT2D eigenvalue weighted by atomic mass is 32.2. The molecular weight excluding hydrogens is 528 g/mol. The van der Waals surface area contributed by atoms with Gasteiger partial charge in [0.25, 0.3) is 0 Å². The van der Waals surface area contributed by atoms with E-state index in [4.69, 9.17) is 14.2 Å². The number of ether oxygens (including phenoxy) is 3. The van der Waals surface area contributed by atoms with Gasteiger partial charge in [0, 0.05) is 13.1 Å². The van der Waals surface area contributed by atoms with Crippen LogP contribution >= 0.6 is 0 Å². The molecule has 9 nitrogen and oxygen atoms in total. The third-order valence-electron chi connectivity index (χ3n) is 5.26. The number of benzene rings is 3. The Morgan fingerprint density at radius 3 is 1.53 bits per heavy atom. The lowest BCUT2D eigenvalue weighted by Crippen LogP contribution is -2.26. The summed E-state index contributed by atoms with van der Waals surface area (Å²) in [5, 5.41) is 0. The lowest BCUT2D eigenvalue weighted by molar-refractivity contribution is 0.242. The molecule has 3 aromatic rings. The van der Waals surface area contributed by atoms with Gasteiger partial charge in [-0.3, -0.25) is 0 Å². The Morgan fingerprint density at radius 1 is 0.658 bits per heavy atom. The van der Waals surface area contributed by atoms with Crippen LogP contribution in [0.25, 0.3) is 0 Å². The normalized spacial score (nSPS) is 12.1. The molecule has 0 fully saturated rings. The number of hydrogen-bond acceptors (Lipinski definition) is 7. The minimum atomic E-state index is -4.11. The summed E-state index contributed by atoms with van der Waals surface area (Å²) >= 11 is 0. The molecule has 3 aromatic carbocycles. The topological polar surface area (TPSA) is 120 Å². The van der Waals surface area contributed by atoms with Gasteiger partial charge in [-0.15, -0.1) is 0 Å². The molecule has 0 amide bonds. The second kappa shape index (κ2) is 12.6. The quantitative estimate of drug-likeness (QED) is 0.320. The first kappa shape index (κ1) is 29.4. The van der Waals surface area contributed by atoms with E-state index in [1.165, 1.54) is 19.2 Å². The predicted octanol–water partition coefficient (Wildman–Crippen LogP) is 4.23. The Kier molecular flexibility index (Phi) is 9.77. The van der Waals surface area contributed by atoms with Gasteiger partial charge in [-0.25, -0.2) is 26.3 Å². The highest BCUT2D eigenvalue weighted by molar-refractivity contribution is 7.90. The van der Waals surface area contributed by atoms with E-state index < -0.39 is 20.0 Å². The van der Waals surface area contributed by atoms with Crippen molar-refractivity contribution in [1.29, 1.82) is 0 Å². The molecule has 3 rings (SSSR count). The average Bonchev–Trinajstić information content (AvgIpc) is 2.87. The first-order valence-corrected chi connectivity index (χ1v) is 15.0. The van der Waals surface area contributed by atoms with Crippen molar-refractivity contribution in [2.24, 2.45) is 0 Å². The number of methoxy groups -OCH3 is 1. The molecule has 0 bridgehead atoms. The van der Waals surface area contributed by atoms with Crippen LogP contribution in [0.4, 0.5) is 0 Å². The first-order chi connectivity index (χ1) is 17.9. The molecular formula is C27H34N2O7S2. The van der Waals surface area contributed by atoms with Gasteiger partial charge in [0.15, 0.2) is 0 Å². The minimum Gasteiger partial charge on any atom is -0.495 e. The summed E-state index contributed by atoms with van der Waals surface area (Å²) in [5.74, 6) is 1.39. The Hall–Kier alpha value is -3.12. The van der Waals surface area contributed by atoms with Crippen LogP contribution in [0.5, 0.6) is 17.2 Å². The molecule has 0 unspecified atom stereocenters. The molecule has 0 radical (unpaired) electrons. The first-order valence-electron chi connectivity index (χ1n) is 12.1. The van der Waals surface area contributed by atoms with Crippen LogP contribution in [0, 0.1) is 0 Å². The molecule has 0 aliphatic heterocycles. The van der Waals surface area contributed by atoms with Crippen molar-refractivity contribution in [3.8, 4) is 17.2 Å². The van der Waals surface area contributed by atoms with Crippen molar-refractivity contribution in [3.63, 3.8) is 0 Å². The van der Waals surface area contributed by atoms with Gasteiger partial charge in [0.2, 0.25) is 20.0 Å². The summed E-state index contributed by atoms with van der Waals surface area (Å²) in [6, 6.07) is 17.8. The lowest BCUT2D eigenvalue weighted by Gasteiger charge is -2.14. The lowest BCUT2D eigenvalue weighted by atomic mass is 10.2. The third kappa shape index (κ3) is 8.19. The smallest absolute Gasteiger partial charge is 0.244 e. The van der Waals surface area contributed by atoms with E-state index >= 15 is 0 Å². The second-order valence-electron chi connectivity index (χ2n) is 9.08. The summed E-state index contributed by atoms with van der Waals surface area (Å²) in [6.45, 7) is 7.69. The number of sulfonamides is 2. The van der Waals surface area contributed by atoms with Crippen LogP contribution in [-0.2, 0) is 33.1 Å². The number of nitrogens with one attached hydrogen (secondary N) is 2. The Balaban J connectivity index is 1.74. The van der Waals surface area contributed by atoms with Gasteiger partial charge in [0.1, 0.15) is 22.1 Å². The predicted molar refractivity (Wildman–Crippen MR) is 145 cm³/mol. The Morgan fingerprint density at radius 2 is 1.11 bits per heavy atom. The summed E-state index contributed by atoms with van der Waals surface area (Å²) in [7, 11) is -6.81. The van der Waals surface area contributed by atoms with E-state index in [9.17, 15) is 16.8 Å². The van der Waals surface area contributed by atoms with E-state index in [2.05, 4.69) is 9.44 Å². The molecule has 38 heavy (non-hydrogen) atoms. The van der Waals surface area contributed by atoms with Crippen LogP contribution in [-0.4, -0.2) is 36.2 Å². The van der Waals surface area contributed by atoms with Crippen molar-refractivity contribution in [1.82, 2.24) is 9.44 Å². The SMILES string of the molecule is COc1ccc(S(=O)(=O)NCc2ccc(OC(C)C)cc2)cc1S(=O)(=O)NCc1ccc(OC(C)C)cc1. The fourth-order valence-corrected chi connectivity index (χ4v) is 5.80. The van der Waals surface area contributed by atoms with E-state index in [1.54, 1.807) is 48.5 Å². The molecule has 0 atom stereocenters. The van der Waals surface area contributed by atoms with Gasteiger partial charge < -0.3 is 14.2 Å². The van der Waals surface area contributed by atoms with Gasteiger partial charge >= 0.3 is 0 Å². The summed E-state index contributed by atoms with van der Waals surface area (Å²) in [6.07, 6.45) is 0.0500. The molecule has 0 aliphatic rings. The molecule has 0 heterocycles. The van der Waals surface area contributed by atoms with Gasteiger partial charge in [-0.1, -0.05) is 24.3 Å². The van der Waals surface area contributed by atoms with Crippen molar-refractivity contribution >= 4 is 20.0 Å². The van der Waals surface area contributed by atoms with E-state index in [1.807, 2.05) is 27.7 Å². The number of hydrogen-bond donors (Lipinski definition) is 2. The second-order valence-corrected chi connectivity index (χ2v) is 12.6. The fourth-order valence-electron chi connectivity index (χ4n) is 3.47. The fraction of sp³-hybridized carbons (Fsp3) is 0.333. The van der Waals surface area contributed by atoms with Crippen LogP contribution in [0.3, 0.4) is 0 Å². The van der Waals surface area contributed by atoms with E-state index in [-0.39, 0.29) is 40.8 Å². The Bertz CT molecular complexity index is 1420. The van der Waals surface area contributed by atoms with Gasteiger partial charge in [-0.2, -0.15) is 0 Å². The van der Waals surface area contributed by atoms with Gasteiger partial charge in [0.05, 0.1) is 24.2 Å². The van der Waals surface area contributed by atoms with Crippen LogP contribution in [0.15, 0.2) is 76.5 Å². The zero-order valence-corrected chi connectivity index (χ0v) is 23.7. The van der Waals surface area contributed by atoms with Crippen LogP contribution < -0.4 is 23.7 Å². The average molecular weight is 563 g/mol. The molecule has 2 N–H and O–H groups in total. The molecule has 206 valence electrons. The standard InChI is InChI=1S/C27H34N2O7S2/c1-19(2)35-23-10-6-21(7-11-23)17-28-37(30,31)25-14-15-26(34-5)27(16-25)38(32,33)29-18-22-8-12-24(13-9-22)36-20(3)4/h6-16,19-20,28-29H,17-18H2,1-5H3. The minimum absolute atomic E-state index is 0.000801. The van der Waals surface area contributed by atoms with Crippen molar-refractivity contribution in [3.05, 3.63) is 77.9 Å². The third-order valence-corrected chi connectivity index (χ3v) is 8.08. The van der Waals surface area contributed by atoms with Crippen molar-refractivity contribution < 1.29 is 31.0 Å². The summed E-state index contributed by atoms with van der Waals surface area (Å²) < 4.78 is 73.6. The maximum Gasteiger partial charge on any atom is 0.244 e. The molecule has 11 heteroatoms. The van der Waals surface area contributed by atoms with Gasteiger partial charge in [-0.05, 0) is 81.3 Å². The molecule has 0 aromatic heterocycles. The zero-order chi connectivity index (χ0) is 27.9. The summed E-state index contributed by atoms with van der Waals surface area (Å²) in [4.78, 5) is -0.480. The maximum atomic E-state index is 13.1. The van der Waals surface area contributed by atoms with E-state index in [0.717, 1.165) is 11.6 Å². The largest absolute Gasteiger partial charge is 0.495 e. The molecule has 0 saturated carbocycles. The Labute approximate surface area is 225 Å². The molecule has 0 saturated heterocycles. The summed E-state index contributed by atoms with van der Waals surface area (Å²) in [5.41, 5.74) is 1.43. The molecule has 0 aliphatic carbocycles. The van der Waals surface area contributed by atoms with Crippen LogP contribution in [0.1, 0.15) is 38.8 Å². The molecule has 0 spiro atoms. The zero-order valence-electron chi connectivity index (χ0n) is 22.1.